The monoisotopic (exact) mass is 311 g/mol. The third-order valence-corrected chi connectivity index (χ3v) is 4.27. The number of nitrogens with zero attached hydrogens (tertiary/aromatic N) is 3. The van der Waals surface area contributed by atoms with Crippen LogP contribution >= 0.6 is 0 Å². The fourth-order valence-corrected chi connectivity index (χ4v) is 2.96. The number of nitrogens with two attached hydrogens (primary N) is 1. The first-order chi connectivity index (χ1) is 9.92. The smallest absolute Gasteiger partial charge is 0.244 e. The maximum absolute atomic E-state index is 12.2. The van der Waals surface area contributed by atoms with E-state index in [0.29, 0.717) is 17.9 Å². The van der Waals surface area contributed by atoms with Gasteiger partial charge in [0, 0.05) is 31.8 Å². The van der Waals surface area contributed by atoms with Crippen LogP contribution in [0.25, 0.3) is 0 Å². The van der Waals surface area contributed by atoms with Crippen molar-refractivity contribution in [1.82, 2.24) is 19.5 Å². The summed E-state index contributed by atoms with van der Waals surface area (Å²) in [5.41, 5.74) is 6.04. The summed E-state index contributed by atoms with van der Waals surface area (Å²) >= 11 is 0. The molecule has 0 bridgehead atoms. The molecular formula is C12H17N5O3S. The lowest BCUT2D eigenvalue weighted by Crippen LogP contribution is -2.26. The van der Waals surface area contributed by atoms with Crippen molar-refractivity contribution in [2.24, 2.45) is 7.05 Å². The summed E-state index contributed by atoms with van der Waals surface area (Å²) in [6.07, 6.45) is 1.96. The molecule has 0 amide bonds. The van der Waals surface area contributed by atoms with Gasteiger partial charge in [-0.2, -0.15) is 5.10 Å². The predicted molar refractivity (Wildman–Crippen MR) is 77.3 cm³/mol. The van der Waals surface area contributed by atoms with E-state index in [0.717, 1.165) is 0 Å². The van der Waals surface area contributed by atoms with Crippen molar-refractivity contribution in [3.8, 4) is 5.75 Å². The molecule has 0 aliphatic rings. The highest BCUT2D eigenvalue weighted by atomic mass is 32.2. The van der Waals surface area contributed by atoms with Crippen molar-refractivity contribution >= 4 is 15.7 Å². The molecule has 114 valence electrons. The van der Waals surface area contributed by atoms with Crippen LogP contribution in [0.2, 0.25) is 0 Å². The Morgan fingerprint density at radius 1 is 1.43 bits per heavy atom. The van der Waals surface area contributed by atoms with Crippen molar-refractivity contribution in [2.45, 2.75) is 11.3 Å². The number of hydrogen-bond acceptors (Lipinski definition) is 6. The van der Waals surface area contributed by atoms with Crippen molar-refractivity contribution in [1.29, 1.82) is 0 Å². The molecule has 0 unspecified atom stereocenters. The first-order valence-electron chi connectivity index (χ1n) is 6.20. The fraction of sp³-hybridized carbons (Fsp3) is 0.333. The minimum atomic E-state index is -3.68. The Morgan fingerprint density at radius 2 is 2.19 bits per heavy atom. The highest BCUT2D eigenvalue weighted by molar-refractivity contribution is 7.89. The van der Waals surface area contributed by atoms with Crippen LogP contribution in [0.4, 0.5) is 5.69 Å². The minimum Gasteiger partial charge on any atom is -0.495 e. The van der Waals surface area contributed by atoms with Crippen LogP contribution in [-0.4, -0.2) is 36.8 Å². The maximum atomic E-state index is 12.2. The zero-order valence-electron chi connectivity index (χ0n) is 11.8. The van der Waals surface area contributed by atoms with E-state index in [1.807, 2.05) is 0 Å². The second-order valence-corrected chi connectivity index (χ2v) is 6.13. The Hall–Kier alpha value is -2.13. The summed E-state index contributed by atoms with van der Waals surface area (Å²) < 4.78 is 33.6. The van der Waals surface area contributed by atoms with Gasteiger partial charge in [0.05, 0.1) is 7.11 Å². The lowest BCUT2D eigenvalue weighted by atomic mass is 10.3. The number of aromatic nitrogens is 3. The molecule has 1 heterocycles. The number of hydrogen-bond donors (Lipinski definition) is 2. The van der Waals surface area contributed by atoms with E-state index in [1.54, 1.807) is 18.1 Å². The minimum absolute atomic E-state index is 0.0492. The Balaban J connectivity index is 2.08. The fourth-order valence-electron chi connectivity index (χ4n) is 1.78. The third-order valence-electron chi connectivity index (χ3n) is 2.76. The topological polar surface area (TPSA) is 112 Å². The van der Waals surface area contributed by atoms with Crippen molar-refractivity contribution < 1.29 is 13.2 Å². The molecule has 0 aliphatic carbocycles. The van der Waals surface area contributed by atoms with Gasteiger partial charge in [-0.25, -0.2) is 18.1 Å². The molecule has 1 aromatic heterocycles. The van der Waals surface area contributed by atoms with Gasteiger partial charge in [0.2, 0.25) is 10.0 Å². The van der Waals surface area contributed by atoms with Crippen LogP contribution < -0.4 is 15.2 Å². The first-order valence-corrected chi connectivity index (χ1v) is 7.68. The Labute approximate surface area is 123 Å². The molecule has 0 radical (unpaired) electrons. The summed E-state index contributed by atoms with van der Waals surface area (Å²) in [6, 6.07) is 4.39. The molecule has 9 heteroatoms. The van der Waals surface area contributed by atoms with Crippen LogP contribution in [0.5, 0.6) is 5.75 Å². The summed E-state index contributed by atoms with van der Waals surface area (Å²) in [4.78, 5) is 4.08. The zero-order valence-corrected chi connectivity index (χ0v) is 12.6. The summed E-state index contributed by atoms with van der Waals surface area (Å²) in [6.45, 7) is 0.194. The third kappa shape index (κ3) is 3.70. The van der Waals surface area contributed by atoms with Gasteiger partial charge in [-0.05, 0) is 12.1 Å². The molecule has 1 aromatic carbocycles. The molecule has 0 atom stereocenters. The quantitative estimate of drug-likeness (QED) is 0.722. The largest absolute Gasteiger partial charge is 0.495 e. The van der Waals surface area contributed by atoms with Crippen molar-refractivity contribution in [3.63, 3.8) is 0 Å². The van der Waals surface area contributed by atoms with Gasteiger partial charge in [0.1, 0.15) is 17.0 Å². The predicted octanol–water partition coefficient (Wildman–Crippen LogP) is -0.0731. The Bertz CT molecular complexity index is 726. The average Bonchev–Trinajstić information content (AvgIpc) is 2.83. The maximum Gasteiger partial charge on any atom is 0.244 e. The highest BCUT2D eigenvalue weighted by Crippen LogP contribution is 2.25. The number of nitrogen functional groups attached to an aromatic ring is 1. The number of sulfonamides is 1. The van der Waals surface area contributed by atoms with Gasteiger partial charge in [0.15, 0.2) is 5.82 Å². The standard InChI is InChI=1S/C12H17N5O3S/c1-17-8-14-12(16-17)5-6-15-21(18,19)11-4-3-9(13)7-10(11)20-2/h3-4,7-8,15H,5-6,13H2,1-2H3. The molecule has 2 rings (SSSR count). The molecule has 0 saturated heterocycles. The van der Waals surface area contributed by atoms with Crippen LogP contribution in [-0.2, 0) is 23.5 Å². The molecular weight excluding hydrogens is 294 g/mol. The molecule has 0 spiro atoms. The van der Waals surface area contributed by atoms with E-state index in [9.17, 15) is 8.42 Å². The molecule has 3 N–H and O–H groups in total. The van der Waals surface area contributed by atoms with Gasteiger partial charge in [0.25, 0.3) is 0 Å². The van der Waals surface area contributed by atoms with Gasteiger partial charge in [-0.15, -0.1) is 0 Å². The number of rotatable bonds is 6. The second kappa shape index (κ2) is 6.10. The van der Waals surface area contributed by atoms with Crippen LogP contribution in [0.3, 0.4) is 0 Å². The molecule has 21 heavy (non-hydrogen) atoms. The normalized spacial score (nSPS) is 11.5. The lowest BCUT2D eigenvalue weighted by molar-refractivity contribution is 0.402. The van der Waals surface area contributed by atoms with E-state index in [4.69, 9.17) is 10.5 Å². The number of methoxy groups -OCH3 is 1. The average molecular weight is 311 g/mol. The number of ether oxygens (including phenoxy) is 1. The van der Waals surface area contributed by atoms with Gasteiger partial charge >= 0.3 is 0 Å². The molecule has 0 fully saturated rings. The van der Waals surface area contributed by atoms with Gasteiger partial charge < -0.3 is 10.5 Å². The van der Waals surface area contributed by atoms with E-state index in [1.165, 1.54) is 25.3 Å². The van der Waals surface area contributed by atoms with Gasteiger partial charge in [-0.1, -0.05) is 0 Å². The molecule has 8 nitrogen and oxygen atoms in total. The number of aryl methyl sites for hydroxylation is 1. The van der Waals surface area contributed by atoms with E-state index >= 15 is 0 Å². The number of nitrogens with one attached hydrogen (secondary N) is 1. The SMILES string of the molecule is COc1cc(N)ccc1S(=O)(=O)NCCc1ncn(C)n1. The van der Waals surface area contributed by atoms with Crippen LogP contribution in [0.15, 0.2) is 29.4 Å². The summed E-state index contributed by atoms with van der Waals surface area (Å²) in [5, 5.41) is 4.08. The van der Waals surface area contributed by atoms with Crippen LogP contribution in [0, 0.1) is 0 Å². The number of anilines is 1. The van der Waals surface area contributed by atoms with Gasteiger partial charge in [-0.3, -0.25) is 4.68 Å². The highest BCUT2D eigenvalue weighted by Gasteiger charge is 2.19. The second-order valence-electron chi connectivity index (χ2n) is 4.39. The molecule has 0 saturated carbocycles. The number of benzene rings is 1. The first kappa shape index (κ1) is 15.3. The van der Waals surface area contributed by atoms with Crippen molar-refractivity contribution in [2.75, 3.05) is 19.4 Å². The molecule has 0 aliphatic heterocycles. The lowest BCUT2D eigenvalue weighted by Gasteiger charge is -2.10. The van der Waals surface area contributed by atoms with Crippen LogP contribution in [0.1, 0.15) is 5.82 Å². The molecule has 2 aromatic rings. The van der Waals surface area contributed by atoms with E-state index < -0.39 is 10.0 Å². The van der Waals surface area contributed by atoms with E-state index in [2.05, 4.69) is 14.8 Å². The van der Waals surface area contributed by atoms with Crippen molar-refractivity contribution in [3.05, 3.63) is 30.4 Å². The summed E-state index contributed by atoms with van der Waals surface area (Å²) in [5.74, 6) is 0.780. The Kier molecular flexibility index (Phi) is 4.43. The summed E-state index contributed by atoms with van der Waals surface area (Å²) in [7, 11) is -0.532. The Morgan fingerprint density at radius 3 is 2.81 bits per heavy atom. The zero-order chi connectivity index (χ0) is 15.5. The van der Waals surface area contributed by atoms with E-state index in [-0.39, 0.29) is 17.2 Å².